The van der Waals surface area contributed by atoms with Gasteiger partial charge in [0.05, 0.1) is 0 Å². The summed E-state index contributed by atoms with van der Waals surface area (Å²) in [7, 11) is 0. The molecule has 1 N–H and O–H groups in total. The Bertz CT molecular complexity index is 276. The lowest BCUT2D eigenvalue weighted by Crippen LogP contribution is -1.94. The molecule has 0 unspecified atom stereocenters. The van der Waals surface area contributed by atoms with Crippen LogP contribution in [-0.2, 0) is 6.42 Å². The van der Waals surface area contributed by atoms with Crippen LogP contribution in [0.1, 0.15) is 35.6 Å². The van der Waals surface area contributed by atoms with Crippen molar-refractivity contribution < 1.29 is 4.79 Å². The summed E-state index contributed by atoms with van der Waals surface area (Å²) in [5, 5.41) is 6.75. The highest BCUT2D eigenvalue weighted by Crippen LogP contribution is 2.10. The lowest BCUT2D eigenvalue weighted by atomic mass is 10.1. The molecule has 0 aliphatic heterocycles. The molecule has 3 heteroatoms. The summed E-state index contributed by atoms with van der Waals surface area (Å²) < 4.78 is 0. The van der Waals surface area contributed by atoms with Crippen LogP contribution in [0.2, 0.25) is 0 Å². The molecule has 0 radical (unpaired) electrons. The van der Waals surface area contributed by atoms with Crippen molar-refractivity contribution in [2.45, 2.75) is 27.2 Å². The predicted octanol–water partition coefficient (Wildman–Crippen LogP) is 1.48. The van der Waals surface area contributed by atoms with Gasteiger partial charge in [-0.2, -0.15) is 5.10 Å². The number of aryl methyl sites for hydroxylation is 1. The Morgan fingerprint density at radius 1 is 1.64 bits per heavy atom. The number of aromatic nitrogens is 2. The number of aromatic amines is 1. The summed E-state index contributed by atoms with van der Waals surface area (Å²) in [5.41, 5.74) is 2.61. The molecule has 1 heterocycles. The lowest BCUT2D eigenvalue weighted by Gasteiger charge is -1.91. The highest BCUT2D eigenvalue weighted by Gasteiger charge is 2.10. The second-order valence-electron chi connectivity index (χ2n) is 2.59. The molecule has 1 rings (SSSR count). The molecule has 0 saturated heterocycles. The molecule has 0 aliphatic carbocycles. The molecule has 0 amide bonds. The van der Waals surface area contributed by atoms with E-state index in [9.17, 15) is 4.79 Å². The Balaban J connectivity index is 3.10. The minimum atomic E-state index is 0.0263. The van der Waals surface area contributed by atoms with Gasteiger partial charge in [0.15, 0.2) is 5.78 Å². The first-order chi connectivity index (χ1) is 5.16. The molecule has 0 bridgehead atoms. The van der Waals surface area contributed by atoms with Gasteiger partial charge in [0.2, 0.25) is 0 Å². The number of carbonyl (C=O) groups excluding carboxylic acids is 1. The smallest absolute Gasteiger partial charge is 0.180 e. The molecule has 0 spiro atoms. The van der Waals surface area contributed by atoms with Crippen molar-refractivity contribution in [3.05, 3.63) is 17.0 Å². The molecule has 1 aromatic heterocycles. The Hall–Kier alpha value is -1.12. The Labute approximate surface area is 65.8 Å². The van der Waals surface area contributed by atoms with Crippen molar-refractivity contribution in [3.8, 4) is 0 Å². The normalized spacial score (nSPS) is 10.1. The van der Waals surface area contributed by atoms with Crippen molar-refractivity contribution >= 4 is 5.78 Å². The van der Waals surface area contributed by atoms with Crippen LogP contribution in [0.5, 0.6) is 0 Å². The van der Waals surface area contributed by atoms with Gasteiger partial charge < -0.3 is 0 Å². The van der Waals surface area contributed by atoms with Gasteiger partial charge in [-0.05, 0) is 13.3 Å². The summed E-state index contributed by atoms with van der Waals surface area (Å²) in [4.78, 5) is 10.9. The van der Waals surface area contributed by atoms with Gasteiger partial charge >= 0.3 is 0 Å². The van der Waals surface area contributed by atoms with Crippen LogP contribution in [0.25, 0.3) is 0 Å². The van der Waals surface area contributed by atoms with E-state index in [-0.39, 0.29) is 5.78 Å². The molecule has 0 fully saturated rings. The number of hydrogen-bond donors (Lipinski definition) is 1. The van der Waals surface area contributed by atoms with Gasteiger partial charge in [0.25, 0.3) is 0 Å². The van der Waals surface area contributed by atoms with Gasteiger partial charge in [-0.25, -0.2) is 0 Å². The van der Waals surface area contributed by atoms with Gasteiger partial charge in [-0.15, -0.1) is 0 Å². The number of H-pyrrole nitrogens is 1. The molecule has 0 saturated carbocycles. The summed E-state index contributed by atoms with van der Waals surface area (Å²) in [5.74, 6) is 0.0263. The zero-order valence-corrected chi connectivity index (χ0v) is 7.06. The van der Waals surface area contributed by atoms with Crippen LogP contribution in [0, 0.1) is 6.92 Å². The fraction of sp³-hybridized carbons (Fsp3) is 0.500. The first kappa shape index (κ1) is 7.98. The first-order valence-corrected chi connectivity index (χ1v) is 3.71. The monoisotopic (exact) mass is 152 g/mol. The maximum Gasteiger partial charge on any atom is 0.180 e. The van der Waals surface area contributed by atoms with Crippen LogP contribution in [-0.4, -0.2) is 16.0 Å². The van der Waals surface area contributed by atoms with Gasteiger partial charge in [0, 0.05) is 18.2 Å². The second kappa shape index (κ2) is 2.86. The van der Waals surface area contributed by atoms with E-state index in [4.69, 9.17) is 0 Å². The molecule has 1 aromatic rings. The summed E-state index contributed by atoms with van der Waals surface area (Å²) in [6.07, 6.45) is 0.895. The fourth-order valence-corrected chi connectivity index (χ4v) is 1.12. The van der Waals surface area contributed by atoms with E-state index in [0.717, 1.165) is 17.7 Å². The van der Waals surface area contributed by atoms with Gasteiger partial charge in [-0.3, -0.25) is 9.89 Å². The van der Waals surface area contributed by atoms with Crippen molar-refractivity contribution in [3.63, 3.8) is 0 Å². The minimum absolute atomic E-state index is 0.0263. The van der Waals surface area contributed by atoms with Crippen LogP contribution in [0.3, 0.4) is 0 Å². The topological polar surface area (TPSA) is 45.8 Å². The van der Waals surface area contributed by atoms with Crippen LogP contribution < -0.4 is 0 Å². The average Bonchev–Trinajstić information content (AvgIpc) is 2.30. The SMILES string of the molecule is CCc1[nH]nc(C(C)=O)c1C. The molecular formula is C8H12N2O. The highest BCUT2D eigenvalue weighted by atomic mass is 16.1. The van der Waals surface area contributed by atoms with Crippen LogP contribution in [0.15, 0.2) is 0 Å². The van der Waals surface area contributed by atoms with E-state index in [0.29, 0.717) is 5.69 Å². The maximum atomic E-state index is 10.9. The summed E-state index contributed by atoms with van der Waals surface area (Å²) >= 11 is 0. The van der Waals surface area contributed by atoms with Crippen molar-refractivity contribution in [2.24, 2.45) is 0 Å². The number of nitrogens with one attached hydrogen (secondary N) is 1. The Kier molecular flexibility index (Phi) is 2.08. The largest absolute Gasteiger partial charge is 0.293 e. The average molecular weight is 152 g/mol. The third-order valence-corrected chi connectivity index (χ3v) is 1.80. The van der Waals surface area contributed by atoms with E-state index >= 15 is 0 Å². The van der Waals surface area contributed by atoms with Crippen LogP contribution >= 0.6 is 0 Å². The lowest BCUT2D eigenvalue weighted by molar-refractivity contribution is 0.101. The minimum Gasteiger partial charge on any atom is -0.293 e. The van der Waals surface area contributed by atoms with Gasteiger partial charge in [0.1, 0.15) is 5.69 Å². The highest BCUT2D eigenvalue weighted by molar-refractivity contribution is 5.93. The van der Waals surface area contributed by atoms with Crippen LogP contribution in [0.4, 0.5) is 0 Å². The molecule has 0 aliphatic rings. The predicted molar refractivity (Wildman–Crippen MR) is 42.7 cm³/mol. The Morgan fingerprint density at radius 2 is 2.27 bits per heavy atom. The fourth-order valence-electron chi connectivity index (χ4n) is 1.12. The third kappa shape index (κ3) is 1.31. The molecule has 3 nitrogen and oxygen atoms in total. The van der Waals surface area contributed by atoms with E-state index in [2.05, 4.69) is 10.2 Å². The van der Waals surface area contributed by atoms with Gasteiger partial charge in [-0.1, -0.05) is 6.92 Å². The molecule has 0 aromatic carbocycles. The number of carbonyl (C=O) groups is 1. The van der Waals surface area contributed by atoms with E-state index < -0.39 is 0 Å². The number of rotatable bonds is 2. The number of hydrogen-bond acceptors (Lipinski definition) is 2. The van der Waals surface area contributed by atoms with Crippen molar-refractivity contribution in [1.82, 2.24) is 10.2 Å². The quantitative estimate of drug-likeness (QED) is 0.652. The van der Waals surface area contributed by atoms with E-state index in [1.54, 1.807) is 0 Å². The Morgan fingerprint density at radius 3 is 2.55 bits per heavy atom. The number of nitrogens with zero attached hydrogens (tertiary/aromatic N) is 1. The van der Waals surface area contributed by atoms with E-state index in [1.165, 1.54) is 6.92 Å². The molecular weight excluding hydrogens is 140 g/mol. The molecule has 11 heavy (non-hydrogen) atoms. The molecule has 60 valence electrons. The maximum absolute atomic E-state index is 10.9. The van der Waals surface area contributed by atoms with Crippen molar-refractivity contribution in [2.75, 3.05) is 0 Å². The standard InChI is InChI=1S/C8H12N2O/c1-4-7-5(2)8(6(3)11)10-9-7/h4H2,1-3H3,(H,9,10). The summed E-state index contributed by atoms with van der Waals surface area (Å²) in [6.45, 7) is 5.48. The zero-order chi connectivity index (χ0) is 8.43. The molecule has 0 atom stereocenters. The first-order valence-electron chi connectivity index (χ1n) is 3.71. The van der Waals surface area contributed by atoms with E-state index in [1.807, 2.05) is 13.8 Å². The zero-order valence-electron chi connectivity index (χ0n) is 7.06. The number of Topliss-reactive ketones (excluding diaryl/α,β-unsaturated/α-hetero) is 1. The summed E-state index contributed by atoms with van der Waals surface area (Å²) in [6, 6.07) is 0. The second-order valence-corrected chi connectivity index (χ2v) is 2.59. The third-order valence-electron chi connectivity index (χ3n) is 1.80. The number of ketones is 1. The van der Waals surface area contributed by atoms with Crippen molar-refractivity contribution in [1.29, 1.82) is 0 Å².